The van der Waals surface area contributed by atoms with E-state index in [-0.39, 0.29) is 23.5 Å². The first-order chi connectivity index (χ1) is 11.9. The summed E-state index contributed by atoms with van der Waals surface area (Å²) in [6, 6.07) is 7.63. The number of hydrogen-bond donors (Lipinski definition) is 1. The first kappa shape index (κ1) is 19.1. The molecule has 9 heteroatoms. The van der Waals surface area contributed by atoms with Crippen molar-refractivity contribution in [1.29, 1.82) is 0 Å². The summed E-state index contributed by atoms with van der Waals surface area (Å²) in [6.07, 6.45) is 0. The molecule has 1 N–H and O–H groups in total. The van der Waals surface area contributed by atoms with Crippen molar-refractivity contribution >= 4 is 39.9 Å². The van der Waals surface area contributed by atoms with Gasteiger partial charge in [0, 0.05) is 28.9 Å². The zero-order valence-corrected chi connectivity index (χ0v) is 15.3. The smallest absolute Gasteiger partial charge is 0.270 e. The number of nitro benzene ring substituents is 1. The van der Waals surface area contributed by atoms with Crippen LogP contribution in [0, 0.1) is 19.5 Å². The second kappa shape index (κ2) is 8.72. The van der Waals surface area contributed by atoms with Crippen LogP contribution in [-0.2, 0) is 4.74 Å². The summed E-state index contributed by atoms with van der Waals surface area (Å²) in [7, 11) is 1.52. The number of benzene rings is 2. The molecule has 1 amide bonds. The Balaban J connectivity index is 2.22. The van der Waals surface area contributed by atoms with Gasteiger partial charge in [-0.1, -0.05) is 0 Å². The molecular formula is C16H14FIN2O5. The normalized spacial score (nSPS) is 10.4. The molecule has 2 aromatic rings. The lowest BCUT2D eigenvalue weighted by atomic mass is 10.2. The van der Waals surface area contributed by atoms with Crippen molar-refractivity contribution < 1.29 is 23.6 Å². The van der Waals surface area contributed by atoms with Crippen molar-refractivity contribution in [3.63, 3.8) is 0 Å². The Morgan fingerprint density at radius 2 is 2.04 bits per heavy atom. The van der Waals surface area contributed by atoms with E-state index in [2.05, 4.69) is 5.32 Å². The fraction of sp³-hybridized carbons (Fsp3) is 0.188. The van der Waals surface area contributed by atoms with Gasteiger partial charge >= 0.3 is 0 Å². The molecule has 0 radical (unpaired) electrons. The molecule has 0 aliphatic rings. The molecule has 2 aromatic carbocycles. The minimum atomic E-state index is -0.543. The standard InChI is InChI=1S/C16H14FIN2O5/c1-24-6-7-25-15-5-2-10(17)8-14(15)19-16(21)12-4-3-11(20(22)23)9-13(12)18/h2-5,8-9H,6-7H2,1H3,(H,19,21). The van der Waals surface area contributed by atoms with Gasteiger partial charge in [-0.05, 0) is 40.8 Å². The van der Waals surface area contributed by atoms with Gasteiger partial charge in [-0.2, -0.15) is 0 Å². The third kappa shape index (κ3) is 5.10. The van der Waals surface area contributed by atoms with Crippen LogP contribution in [0.5, 0.6) is 5.75 Å². The molecule has 25 heavy (non-hydrogen) atoms. The van der Waals surface area contributed by atoms with Gasteiger partial charge in [0.05, 0.1) is 22.8 Å². The van der Waals surface area contributed by atoms with Crippen molar-refractivity contribution in [2.75, 3.05) is 25.6 Å². The summed E-state index contributed by atoms with van der Waals surface area (Å²) in [5, 5.41) is 13.3. The third-order valence-corrected chi connectivity index (χ3v) is 4.04. The second-order valence-corrected chi connectivity index (χ2v) is 6.02. The van der Waals surface area contributed by atoms with Gasteiger partial charge in [-0.15, -0.1) is 0 Å². The molecule has 2 rings (SSSR count). The number of hydrogen-bond acceptors (Lipinski definition) is 5. The van der Waals surface area contributed by atoms with Crippen LogP contribution in [0.4, 0.5) is 15.8 Å². The lowest BCUT2D eigenvalue weighted by Gasteiger charge is -2.13. The van der Waals surface area contributed by atoms with Crippen molar-refractivity contribution in [3.8, 4) is 5.75 Å². The maximum absolute atomic E-state index is 13.5. The second-order valence-electron chi connectivity index (χ2n) is 4.86. The number of carbonyl (C=O) groups is 1. The van der Waals surface area contributed by atoms with Gasteiger partial charge in [0.15, 0.2) is 0 Å². The predicted octanol–water partition coefficient (Wildman–Crippen LogP) is 3.62. The van der Waals surface area contributed by atoms with Gasteiger partial charge in [-0.3, -0.25) is 14.9 Å². The van der Waals surface area contributed by atoms with Crippen LogP contribution in [0.1, 0.15) is 10.4 Å². The molecule has 0 atom stereocenters. The van der Waals surface area contributed by atoms with E-state index < -0.39 is 16.6 Å². The van der Waals surface area contributed by atoms with Gasteiger partial charge < -0.3 is 14.8 Å². The van der Waals surface area contributed by atoms with E-state index in [4.69, 9.17) is 9.47 Å². The molecule has 0 spiro atoms. The first-order valence-electron chi connectivity index (χ1n) is 7.09. The Labute approximate surface area is 156 Å². The summed E-state index contributed by atoms with van der Waals surface area (Å²) in [4.78, 5) is 22.6. The van der Waals surface area contributed by atoms with E-state index in [1.165, 1.54) is 37.4 Å². The maximum atomic E-state index is 13.5. The fourth-order valence-electron chi connectivity index (χ4n) is 1.95. The molecule has 0 aliphatic carbocycles. The van der Waals surface area contributed by atoms with Crippen LogP contribution < -0.4 is 10.1 Å². The van der Waals surface area contributed by atoms with Crippen LogP contribution in [0.15, 0.2) is 36.4 Å². The first-order valence-corrected chi connectivity index (χ1v) is 8.17. The SMILES string of the molecule is COCCOc1ccc(F)cc1NC(=O)c1ccc([N+](=O)[O-])cc1I. The van der Waals surface area contributed by atoms with Crippen molar-refractivity contribution in [1.82, 2.24) is 0 Å². The maximum Gasteiger partial charge on any atom is 0.270 e. The predicted molar refractivity (Wildman–Crippen MR) is 97.5 cm³/mol. The molecule has 0 saturated carbocycles. The lowest BCUT2D eigenvalue weighted by Crippen LogP contribution is -2.15. The van der Waals surface area contributed by atoms with Gasteiger partial charge in [0.2, 0.25) is 0 Å². The largest absolute Gasteiger partial charge is 0.489 e. The number of amides is 1. The number of nitro groups is 1. The lowest BCUT2D eigenvalue weighted by molar-refractivity contribution is -0.384. The van der Waals surface area contributed by atoms with Crippen LogP contribution in [-0.4, -0.2) is 31.2 Å². The van der Waals surface area contributed by atoms with Crippen molar-refractivity contribution in [3.05, 3.63) is 61.5 Å². The number of rotatable bonds is 7. The molecule has 0 heterocycles. The minimum absolute atomic E-state index is 0.115. The average molecular weight is 460 g/mol. The zero-order chi connectivity index (χ0) is 18.4. The Morgan fingerprint density at radius 3 is 2.68 bits per heavy atom. The Kier molecular flexibility index (Phi) is 6.65. The molecule has 0 bridgehead atoms. The van der Waals surface area contributed by atoms with E-state index in [0.29, 0.717) is 15.9 Å². The summed E-state index contributed by atoms with van der Waals surface area (Å²) in [5.74, 6) is -0.766. The van der Waals surface area contributed by atoms with Crippen LogP contribution in [0.2, 0.25) is 0 Å². The highest BCUT2D eigenvalue weighted by Gasteiger charge is 2.16. The van der Waals surface area contributed by atoms with Crippen LogP contribution in [0.25, 0.3) is 0 Å². The molecule has 0 fully saturated rings. The Bertz CT molecular complexity index is 800. The van der Waals surface area contributed by atoms with E-state index >= 15 is 0 Å². The van der Waals surface area contributed by atoms with Gasteiger partial charge in [-0.25, -0.2) is 4.39 Å². The number of anilines is 1. The quantitative estimate of drug-likeness (QED) is 0.295. The molecule has 132 valence electrons. The molecule has 0 aromatic heterocycles. The topological polar surface area (TPSA) is 90.7 Å². The van der Waals surface area contributed by atoms with Crippen LogP contribution in [0.3, 0.4) is 0 Å². The van der Waals surface area contributed by atoms with E-state index in [1.54, 1.807) is 0 Å². The summed E-state index contributed by atoms with van der Waals surface area (Å²) >= 11 is 1.83. The number of nitrogens with one attached hydrogen (secondary N) is 1. The summed E-state index contributed by atoms with van der Waals surface area (Å²) < 4.78 is 24.2. The molecule has 0 aliphatic heterocycles. The number of ether oxygens (including phenoxy) is 2. The Hall–Kier alpha value is -2.27. The average Bonchev–Trinajstić information content (AvgIpc) is 2.56. The minimum Gasteiger partial charge on any atom is -0.489 e. The van der Waals surface area contributed by atoms with E-state index in [9.17, 15) is 19.3 Å². The van der Waals surface area contributed by atoms with E-state index in [0.717, 1.165) is 6.07 Å². The highest BCUT2D eigenvalue weighted by Crippen LogP contribution is 2.27. The molecule has 0 unspecified atom stereocenters. The third-order valence-electron chi connectivity index (χ3n) is 3.14. The van der Waals surface area contributed by atoms with Crippen molar-refractivity contribution in [2.24, 2.45) is 0 Å². The molecule has 0 saturated heterocycles. The number of nitrogens with zero attached hydrogens (tertiary/aromatic N) is 1. The molecular weight excluding hydrogens is 446 g/mol. The monoisotopic (exact) mass is 460 g/mol. The van der Waals surface area contributed by atoms with Crippen LogP contribution >= 0.6 is 22.6 Å². The summed E-state index contributed by atoms with van der Waals surface area (Å²) in [5.41, 5.74) is 0.281. The van der Waals surface area contributed by atoms with E-state index in [1.807, 2.05) is 22.6 Å². The fourth-order valence-corrected chi connectivity index (χ4v) is 2.70. The summed E-state index contributed by atoms with van der Waals surface area (Å²) in [6.45, 7) is 0.574. The number of methoxy groups -OCH3 is 1. The Morgan fingerprint density at radius 1 is 1.28 bits per heavy atom. The van der Waals surface area contributed by atoms with Gasteiger partial charge in [0.1, 0.15) is 18.2 Å². The number of carbonyl (C=O) groups excluding carboxylic acids is 1. The molecule has 7 nitrogen and oxygen atoms in total. The van der Waals surface area contributed by atoms with Gasteiger partial charge in [0.25, 0.3) is 11.6 Å². The number of non-ortho nitro benzene ring substituents is 1. The number of halogens is 2. The van der Waals surface area contributed by atoms with Crippen molar-refractivity contribution in [2.45, 2.75) is 0 Å². The highest BCUT2D eigenvalue weighted by atomic mass is 127. The zero-order valence-electron chi connectivity index (χ0n) is 13.1. The highest BCUT2D eigenvalue weighted by molar-refractivity contribution is 14.1.